The van der Waals surface area contributed by atoms with Crippen LogP contribution >= 0.6 is 0 Å². The van der Waals surface area contributed by atoms with Gasteiger partial charge in [-0.15, -0.1) is 0 Å². The molecular weight excluding hydrogens is 188 g/mol. The molecule has 1 aliphatic carbocycles. The maximum atomic E-state index is 5.82. The molecule has 1 aromatic heterocycles. The van der Waals surface area contributed by atoms with Crippen LogP contribution in [0.4, 0.5) is 5.82 Å². The zero-order chi connectivity index (χ0) is 10.7. The fourth-order valence-corrected chi connectivity index (χ4v) is 2.15. The van der Waals surface area contributed by atoms with Crippen LogP contribution in [0.2, 0.25) is 0 Å². The summed E-state index contributed by atoms with van der Waals surface area (Å²) in [6.45, 7) is 2.28. The number of rotatable bonds is 2. The molecule has 0 spiro atoms. The Bertz CT molecular complexity index is 327. The summed E-state index contributed by atoms with van der Waals surface area (Å²) in [4.78, 5) is 4.15. The van der Waals surface area contributed by atoms with Gasteiger partial charge in [-0.2, -0.15) is 4.98 Å². The standard InChI is InChI=1S/C12H18N2O/c1-9-4-2-5-10(8-9)15-12-7-3-6-11(13)14-12/h3,6-7,9-10H,2,4-5,8H2,1H3,(H2,13,14). The smallest absolute Gasteiger partial charge is 0.215 e. The molecule has 0 aliphatic heterocycles. The summed E-state index contributed by atoms with van der Waals surface area (Å²) in [6.07, 6.45) is 5.18. The van der Waals surface area contributed by atoms with Gasteiger partial charge in [0.05, 0.1) is 0 Å². The Hall–Kier alpha value is -1.25. The molecule has 3 heteroatoms. The summed E-state index contributed by atoms with van der Waals surface area (Å²) < 4.78 is 5.82. The number of ether oxygens (including phenoxy) is 1. The van der Waals surface area contributed by atoms with Gasteiger partial charge in [0.1, 0.15) is 11.9 Å². The summed E-state index contributed by atoms with van der Waals surface area (Å²) in [5.74, 6) is 1.95. The number of pyridine rings is 1. The minimum absolute atomic E-state index is 0.322. The lowest BCUT2D eigenvalue weighted by Crippen LogP contribution is -2.24. The van der Waals surface area contributed by atoms with Crippen molar-refractivity contribution in [2.24, 2.45) is 5.92 Å². The third kappa shape index (κ3) is 2.85. The van der Waals surface area contributed by atoms with Crippen molar-refractivity contribution in [3.8, 4) is 5.88 Å². The van der Waals surface area contributed by atoms with Crippen molar-refractivity contribution in [3.63, 3.8) is 0 Å². The molecule has 3 nitrogen and oxygen atoms in total. The lowest BCUT2D eigenvalue weighted by molar-refractivity contribution is 0.124. The van der Waals surface area contributed by atoms with E-state index in [-0.39, 0.29) is 0 Å². The van der Waals surface area contributed by atoms with Crippen molar-refractivity contribution < 1.29 is 4.74 Å². The molecule has 0 radical (unpaired) electrons. The molecule has 0 aromatic carbocycles. The zero-order valence-corrected chi connectivity index (χ0v) is 9.15. The Kier molecular flexibility index (Phi) is 3.09. The molecule has 0 bridgehead atoms. The second kappa shape index (κ2) is 4.51. The molecule has 2 unspecified atom stereocenters. The number of nitrogens with zero attached hydrogens (tertiary/aromatic N) is 1. The molecule has 1 aromatic rings. The minimum Gasteiger partial charge on any atom is -0.474 e. The van der Waals surface area contributed by atoms with E-state index in [1.54, 1.807) is 6.07 Å². The van der Waals surface area contributed by atoms with Crippen LogP contribution in [0.25, 0.3) is 0 Å². The van der Waals surface area contributed by atoms with Gasteiger partial charge in [-0.05, 0) is 31.2 Å². The molecule has 1 heterocycles. The van der Waals surface area contributed by atoms with Crippen LogP contribution in [0.15, 0.2) is 18.2 Å². The Balaban J connectivity index is 1.96. The van der Waals surface area contributed by atoms with Gasteiger partial charge >= 0.3 is 0 Å². The van der Waals surface area contributed by atoms with Gasteiger partial charge in [-0.3, -0.25) is 0 Å². The van der Waals surface area contributed by atoms with Gasteiger partial charge in [0.25, 0.3) is 0 Å². The predicted molar refractivity (Wildman–Crippen MR) is 60.7 cm³/mol. The van der Waals surface area contributed by atoms with Crippen molar-refractivity contribution in [3.05, 3.63) is 18.2 Å². The summed E-state index contributed by atoms with van der Waals surface area (Å²) in [5.41, 5.74) is 5.60. The first-order chi connectivity index (χ1) is 7.24. The van der Waals surface area contributed by atoms with Gasteiger partial charge in [0, 0.05) is 6.07 Å². The van der Waals surface area contributed by atoms with Crippen molar-refractivity contribution in [1.29, 1.82) is 0 Å². The van der Waals surface area contributed by atoms with Crippen LogP contribution in [0.1, 0.15) is 32.6 Å². The molecule has 2 atom stereocenters. The van der Waals surface area contributed by atoms with E-state index in [2.05, 4.69) is 11.9 Å². The third-order valence-corrected chi connectivity index (χ3v) is 2.92. The lowest BCUT2D eigenvalue weighted by atomic mass is 9.89. The van der Waals surface area contributed by atoms with E-state index in [9.17, 15) is 0 Å². The highest BCUT2D eigenvalue weighted by Gasteiger charge is 2.20. The van der Waals surface area contributed by atoms with E-state index < -0.39 is 0 Å². The van der Waals surface area contributed by atoms with E-state index in [4.69, 9.17) is 10.5 Å². The van der Waals surface area contributed by atoms with E-state index in [0.717, 1.165) is 18.8 Å². The SMILES string of the molecule is CC1CCCC(Oc2cccc(N)n2)C1. The van der Waals surface area contributed by atoms with E-state index >= 15 is 0 Å². The molecule has 82 valence electrons. The van der Waals surface area contributed by atoms with Crippen molar-refractivity contribution in [2.45, 2.75) is 38.7 Å². The van der Waals surface area contributed by atoms with Gasteiger partial charge in [0.15, 0.2) is 0 Å². The zero-order valence-electron chi connectivity index (χ0n) is 9.15. The normalized spacial score (nSPS) is 26.2. The second-order valence-corrected chi connectivity index (χ2v) is 4.41. The molecule has 0 saturated heterocycles. The Morgan fingerprint density at radius 1 is 1.40 bits per heavy atom. The maximum Gasteiger partial charge on any atom is 0.215 e. The van der Waals surface area contributed by atoms with Crippen LogP contribution in [-0.2, 0) is 0 Å². The summed E-state index contributed by atoms with van der Waals surface area (Å²) in [5, 5.41) is 0. The average Bonchev–Trinajstić information content (AvgIpc) is 2.17. The highest BCUT2D eigenvalue weighted by Crippen LogP contribution is 2.26. The van der Waals surface area contributed by atoms with Crippen molar-refractivity contribution >= 4 is 5.82 Å². The Labute approximate surface area is 90.7 Å². The monoisotopic (exact) mass is 206 g/mol. The first-order valence-corrected chi connectivity index (χ1v) is 5.63. The van der Waals surface area contributed by atoms with Crippen LogP contribution < -0.4 is 10.5 Å². The highest BCUT2D eigenvalue weighted by molar-refractivity contribution is 5.31. The average molecular weight is 206 g/mol. The van der Waals surface area contributed by atoms with Crippen LogP contribution in [0.3, 0.4) is 0 Å². The fraction of sp³-hybridized carbons (Fsp3) is 0.583. The second-order valence-electron chi connectivity index (χ2n) is 4.41. The van der Waals surface area contributed by atoms with E-state index in [1.165, 1.54) is 12.8 Å². The number of nitrogen functional groups attached to an aromatic ring is 1. The van der Waals surface area contributed by atoms with Gasteiger partial charge < -0.3 is 10.5 Å². The first-order valence-electron chi connectivity index (χ1n) is 5.63. The first kappa shape index (κ1) is 10.3. The number of anilines is 1. The Morgan fingerprint density at radius 3 is 3.00 bits per heavy atom. The molecule has 1 fully saturated rings. The van der Waals surface area contributed by atoms with Gasteiger partial charge in [-0.25, -0.2) is 0 Å². The number of aromatic nitrogens is 1. The largest absolute Gasteiger partial charge is 0.474 e. The highest BCUT2D eigenvalue weighted by atomic mass is 16.5. The van der Waals surface area contributed by atoms with Gasteiger partial charge in [0.2, 0.25) is 5.88 Å². The lowest BCUT2D eigenvalue weighted by Gasteiger charge is -2.26. The van der Waals surface area contributed by atoms with Crippen LogP contribution in [0, 0.1) is 5.92 Å². The van der Waals surface area contributed by atoms with Crippen molar-refractivity contribution in [2.75, 3.05) is 5.73 Å². The predicted octanol–water partition coefficient (Wildman–Crippen LogP) is 2.62. The van der Waals surface area contributed by atoms with Crippen LogP contribution in [-0.4, -0.2) is 11.1 Å². The fourth-order valence-electron chi connectivity index (χ4n) is 2.15. The number of hydrogen-bond donors (Lipinski definition) is 1. The molecule has 2 rings (SSSR count). The summed E-state index contributed by atoms with van der Waals surface area (Å²) >= 11 is 0. The maximum absolute atomic E-state index is 5.82. The Morgan fingerprint density at radius 2 is 2.27 bits per heavy atom. The third-order valence-electron chi connectivity index (χ3n) is 2.92. The quantitative estimate of drug-likeness (QED) is 0.809. The topological polar surface area (TPSA) is 48.1 Å². The van der Waals surface area contributed by atoms with Crippen LogP contribution in [0.5, 0.6) is 5.88 Å². The molecule has 0 amide bonds. The summed E-state index contributed by atoms with van der Waals surface area (Å²) in [6, 6.07) is 5.52. The molecule has 2 N–H and O–H groups in total. The van der Waals surface area contributed by atoms with Crippen molar-refractivity contribution in [1.82, 2.24) is 4.98 Å². The molecular formula is C12H18N2O. The molecule has 1 aliphatic rings. The number of nitrogens with two attached hydrogens (primary N) is 1. The van der Waals surface area contributed by atoms with E-state index in [1.807, 2.05) is 12.1 Å². The minimum atomic E-state index is 0.322. The molecule has 1 saturated carbocycles. The molecule has 15 heavy (non-hydrogen) atoms. The number of hydrogen-bond acceptors (Lipinski definition) is 3. The summed E-state index contributed by atoms with van der Waals surface area (Å²) in [7, 11) is 0. The van der Waals surface area contributed by atoms with Gasteiger partial charge in [-0.1, -0.05) is 19.4 Å². The van der Waals surface area contributed by atoms with E-state index in [0.29, 0.717) is 17.8 Å².